The number of nitrogens with zero attached hydrogens (tertiary/aromatic N) is 2. The third kappa shape index (κ3) is 2.88. The van der Waals surface area contributed by atoms with Crippen LogP contribution in [0.4, 0.5) is 4.79 Å². The summed E-state index contributed by atoms with van der Waals surface area (Å²) in [7, 11) is 0. The van der Waals surface area contributed by atoms with Crippen molar-refractivity contribution in [2.24, 2.45) is 5.92 Å². The van der Waals surface area contributed by atoms with Crippen LogP contribution >= 0.6 is 0 Å². The van der Waals surface area contributed by atoms with Crippen LogP contribution < -0.4 is 5.32 Å². The Balaban J connectivity index is 1.96. The summed E-state index contributed by atoms with van der Waals surface area (Å²) in [6.07, 6.45) is 3.14. The Morgan fingerprint density at radius 3 is 2.42 bits per heavy atom. The molecule has 2 aliphatic heterocycles. The van der Waals surface area contributed by atoms with Crippen LogP contribution in [0, 0.1) is 5.92 Å². The number of piperidine rings is 1. The summed E-state index contributed by atoms with van der Waals surface area (Å²) in [5.74, 6) is -0.385. The van der Waals surface area contributed by atoms with E-state index in [0.29, 0.717) is 0 Å². The first kappa shape index (κ1) is 13.8. The van der Waals surface area contributed by atoms with Gasteiger partial charge in [0.05, 0.1) is 0 Å². The van der Waals surface area contributed by atoms with E-state index >= 15 is 0 Å². The van der Waals surface area contributed by atoms with E-state index in [0.717, 1.165) is 37.3 Å². The third-order valence-electron chi connectivity index (χ3n) is 3.73. The average molecular weight is 267 g/mol. The number of carbonyl (C=O) groups excluding carboxylic acids is 3. The standard InChI is InChI=1S/C13H21N3O3/c1-9(2)11-12(18)16(13(19)14-11)8-10(17)15-6-4-3-5-7-15/h9,11H,3-8H2,1-2H3,(H,14,19)/t11-/m0/s1. The number of nitrogens with one attached hydrogen (secondary N) is 1. The lowest BCUT2D eigenvalue weighted by Crippen LogP contribution is -2.45. The molecule has 0 saturated carbocycles. The summed E-state index contributed by atoms with van der Waals surface area (Å²) in [5, 5.41) is 2.63. The summed E-state index contributed by atoms with van der Waals surface area (Å²) in [5.41, 5.74) is 0. The monoisotopic (exact) mass is 267 g/mol. The second kappa shape index (κ2) is 5.59. The van der Waals surface area contributed by atoms with Crippen molar-refractivity contribution in [3.63, 3.8) is 0 Å². The van der Waals surface area contributed by atoms with E-state index < -0.39 is 12.1 Å². The second-order valence-corrected chi connectivity index (χ2v) is 5.54. The highest BCUT2D eigenvalue weighted by Crippen LogP contribution is 2.15. The van der Waals surface area contributed by atoms with Crippen LogP contribution in [0.15, 0.2) is 0 Å². The van der Waals surface area contributed by atoms with E-state index in [1.807, 2.05) is 13.8 Å². The molecule has 0 radical (unpaired) electrons. The van der Waals surface area contributed by atoms with E-state index in [1.165, 1.54) is 0 Å². The molecular weight excluding hydrogens is 246 g/mol. The first-order valence-electron chi connectivity index (χ1n) is 6.90. The van der Waals surface area contributed by atoms with Crippen molar-refractivity contribution in [3.8, 4) is 0 Å². The number of rotatable bonds is 3. The molecule has 0 spiro atoms. The van der Waals surface area contributed by atoms with Crippen LogP contribution in [0.25, 0.3) is 0 Å². The second-order valence-electron chi connectivity index (χ2n) is 5.54. The lowest BCUT2D eigenvalue weighted by atomic mass is 10.1. The molecule has 0 aliphatic carbocycles. The Morgan fingerprint density at radius 2 is 1.89 bits per heavy atom. The van der Waals surface area contributed by atoms with Crippen molar-refractivity contribution < 1.29 is 14.4 Å². The molecule has 0 aromatic carbocycles. The molecule has 0 bridgehead atoms. The lowest BCUT2D eigenvalue weighted by molar-refractivity contribution is -0.138. The maximum Gasteiger partial charge on any atom is 0.325 e. The van der Waals surface area contributed by atoms with Gasteiger partial charge in [0.15, 0.2) is 0 Å². The highest BCUT2D eigenvalue weighted by Gasteiger charge is 2.40. The molecule has 2 aliphatic rings. The largest absolute Gasteiger partial charge is 0.341 e. The summed E-state index contributed by atoms with van der Waals surface area (Å²) < 4.78 is 0. The molecule has 106 valence electrons. The van der Waals surface area contributed by atoms with Crippen molar-refractivity contribution in [2.75, 3.05) is 19.6 Å². The Bertz CT molecular complexity index is 389. The number of hydrogen-bond acceptors (Lipinski definition) is 3. The van der Waals surface area contributed by atoms with Gasteiger partial charge in [-0.3, -0.25) is 14.5 Å². The number of hydrogen-bond donors (Lipinski definition) is 1. The topological polar surface area (TPSA) is 69.7 Å². The third-order valence-corrected chi connectivity index (χ3v) is 3.73. The van der Waals surface area contributed by atoms with Crippen LogP contribution in [0.5, 0.6) is 0 Å². The molecule has 6 nitrogen and oxygen atoms in total. The van der Waals surface area contributed by atoms with Crippen molar-refractivity contribution in [1.82, 2.24) is 15.1 Å². The minimum atomic E-state index is -0.498. The van der Waals surface area contributed by atoms with Gasteiger partial charge in [-0.15, -0.1) is 0 Å². The van der Waals surface area contributed by atoms with E-state index in [9.17, 15) is 14.4 Å². The molecule has 0 aromatic heterocycles. The van der Waals surface area contributed by atoms with Crippen LogP contribution in [-0.4, -0.2) is 53.3 Å². The molecule has 6 heteroatoms. The minimum Gasteiger partial charge on any atom is -0.341 e. The van der Waals surface area contributed by atoms with Gasteiger partial charge in [0.25, 0.3) is 5.91 Å². The molecule has 2 saturated heterocycles. The Labute approximate surface area is 113 Å². The van der Waals surface area contributed by atoms with Crippen molar-refractivity contribution in [3.05, 3.63) is 0 Å². The normalized spacial score (nSPS) is 24.1. The van der Waals surface area contributed by atoms with Crippen molar-refractivity contribution in [1.29, 1.82) is 0 Å². The summed E-state index contributed by atoms with van der Waals surface area (Å²) in [4.78, 5) is 38.6. The summed E-state index contributed by atoms with van der Waals surface area (Å²) in [6, 6.07) is -0.948. The van der Waals surface area contributed by atoms with Crippen LogP contribution in [0.2, 0.25) is 0 Å². The van der Waals surface area contributed by atoms with Gasteiger partial charge in [-0.05, 0) is 25.2 Å². The maximum atomic E-state index is 12.1. The highest BCUT2D eigenvalue weighted by molar-refractivity contribution is 6.06. The molecule has 1 N–H and O–H groups in total. The zero-order chi connectivity index (χ0) is 14.0. The zero-order valence-electron chi connectivity index (χ0n) is 11.5. The molecule has 19 heavy (non-hydrogen) atoms. The van der Waals surface area contributed by atoms with E-state index in [1.54, 1.807) is 4.90 Å². The average Bonchev–Trinajstić information content (AvgIpc) is 2.68. The van der Waals surface area contributed by atoms with E-state index in [4.69, 9.17) is 0 Å². The number of likely N-dealkylation sites (tertiary alicyclic amines) is 1. The van der Waals surface area contributed by atoms with Gasteiger partial charge in [-0.25, -0.2) is 4.79 Å². The number of carbonyl (C=O) groups is 3. The molecule has 1 atom stereocenters. The summed E-state index contributed by atoms with van der Waals surface area (Å²) >= 11 is 0. The van der Waals surface area contributed by atoms with E-state index in [2.05, 4.69) is 5.32 Å². The Kier molecular flexibility index (Phi) is 4.07. The first-order valence-corrected chi connectivity index (χ1v) is 6.90. The smallest absolute Gasteiger partial charge is 0.325 e. The van der Waals surface area contributed by atoms with Gasteiger partial charge in [0.1, 0.15) is 12.6 Å². The number of urea groups is 1. The van der Waals surface area contributed by atoms with Gasteiger partial charge in [-0.1, -0.05) is 13.8 Å². The van der Waals surface area contributed by atoms with Gasteiger partial charge in [0, 0.05) is 13.1 Å². The fourth-order valence-corrected chi connectivity index (χ4v) is 2.52. The molecule has 4 amide bonds. The maximum absolute atomic E-state index is 12.1. The van der Waals surface area contributed by atoms with Gasteiger partial charge in [0.2, 0.25) is 5.91 Å². The quantitative estimate of drug-likeness (QED) is 0.760. The molecule has 0 aromatic rings. The highest BCUT2D eigenvalue weighted by atomic mass is 16.2. The van der Waals surface area contributed by atoms with Gasteiger partial charge >= 0.3 is 6.03 Å². The van der Waals surface area contributed by atoms with Crippen molar-refractivity contribution in [2.45, 2.75) is 39.2 Å². The molecule has 2 rings (SSSR count). The Hall–Kier alpha value is -1.59. The fourth-order valence-electron chi connectivity index (χ4n) is 2.52. The summed E-state index contributed by atoms with van der Waals surface area (Å²) in [6.45, 7) is 5.08. The van der Waals surface area contributed by atoms with Crippen LogP contribution in [0.3, 0.4) is 0 Å². The first-order chi connectivity index (χ1) is 9.00. The lowest BCUT2D eigenvalue weighted by Gasteiger charge is -2.28. The number of imide groups is 1. The van der Waals surface area contributed by atoms with Crippen molar-refractivity contribution >= 4 is 17.8 Å². The zero-order valence-corrected chi connectivity index (χ0v) is 11.5. The van der Waals surface area contributed by atoms with Gasteiger partial charge < -0.3 is 10.2 Å². The minimum absolute atomic E-state index is 0.0338. The van der Waals surface area contributed by atoms with E-state index in [-0.39, 0.29) is 24.3 Å². The van der Waals surface area contributed by atoms with Crippen LogP contribution in [0.1, 0.15) is 33.1 Å². The molecular formula is C13H21N3O3. The fraction of sp³-hybridized carbons (Fsp3) is 0.769. The SMILES string of the molecule is CC(C)[C@@H]1NC(=O)N(CC(=O)N2CCCCC2)C1=O. The Morgan fingerprint density at radius 1 is 1.26 bits per heavy atom. The number of amides is 4. The molecule has 2 heterocycles. The predicted octanol–water partition coefficient (Wildman–Crippen LogP) is 0.575. The molecule has 2 fully saturated rings. The molecule has 0 unspecified atom stereocenters. The van der Waals surface area contributed by atoms with Crippen LogP contribution in [-0.2, 0) is 9.59 Å². The predicted molar refractivity (Wildman–Crippen MR) is 69.3 cm³/mol. The van der Waals surface area contributed by atoms with Gasteiger partial charge in [-0.2, -0.15) is 0 Å².